The minimum absolute atomic E-state index is 0.107. The molecule has 0 atom stereocenters. The third kappa shape index (κ3) is 4.57. The van der Waals surface area contributed by atoms with Crippen LogP contribution in [-0.2, 0) is 11.2 Å². The molecule has 1 aromatic carbocycles. The summed E-state index contributed by atoms with van der Waals surface area (Å²) < 4.78 is 0. The topological polar surface area (TPSA) is 32.3 Å². The number of hydrogen-bond acceptors (Lipinski definition) is 2. The molecule has 1 aromatic rings. The lowest BCUT2D eigenvalue weighted by Gasteiger charge is -2.26. The van der Waals surface area contributed by atoms with E-state index in [1.807, 2.05) is 0 Å². The second kappa shape index (κ2) is 8.33. The van der Waals surface area contributed by atoms with Crippen LogP contribution >= 0.6 is 0 Å². The molecule has 1 amide bonds. The van der Waals surface area contributed by atoms with Gasteiger partial charge in [0.2, 0.25) is 5.91 Å². The zero-order valence-electron chi connectivity index (χ0n) is 14.3. The van der Waals surface area contributed by atoms with E-state index in [4.69, 9.17) is 0 Å². The SMILES string of the molecule is CCc1cccc(C)c1NC(=O)CN(C)C1CCCCCC1. The van der Waals surface area contributed by atoms with Crippen molar-refractivity contribution in [1.82, 2.24) is 4.90 Å². The summed E-state index contributed by atoms with van der Waals surface area (Å²) in [4.78, 5) is 14.7. The predicted octanol–water partition coefficient (Wildman–Crippen LogP) is 4.15. The highest BCUT2D eigenvalue weighted by Crippen LogP contribution is 2.23. The molecule has 0 radical (unpaired) electrons. The van der Waals surface area contributed by atoms with Crippen molar-refractivity contribution >= 4 is 11.6 Å². The number of carbonyl (C=O) groups is 1. The van der Waals surface area contributed by atoms with Crippen molar-refractivity contribution in [3.63, 3.8) is 0 Å². The lowest BCUT2D eigenvalue weighted by Crippen LogP contribution is -2.38. The van der Waals surface area contributed by atoms with Gasteiger partial charge in [-0.3, -0.25) is 9.69 Å². The Balaban J connectivity index is 1.95. The van der Waals surface area contributed by atoms with Gasteiger partial charge in [0.15, 0.2) is 0 Å². The molecule has 0 spiro atoms. The van der Waals surface area contributed by atoms with Gasteiger partial charge in [0.05, 0.1) is 6.54 Å². The highest BCUT2D eigenvalue weighted by Gasteiger charge is 2.19. The monoisotopic (exact) mass is 302 g/mol. The minimum atomic E-state index is 0.107. The maximum absolute atomic E-state index is 12.4. The van der Waals surface area contributed by atoms with Gasteiger partial charge in [-0.2, -0.15) is 0 Å². The van der Waals surface area contributed by atoms with E-state index in [1.165, 1.54) is 44.1 Å². The summed E-state index contributed by atoms with van der Waals surface area (Å²) in [5.41, 5.74) is 3.36. The molecular formula is C19H30N2O. The lowest BCUT2D eigenvalue weighted by atomic mass is 10.1. The molecule has 1 aliphatic carbocycles. The Morgan fingerprint density at radius 2 is 1.91 bits per heavy atom. The molecule has 3 heteroatoms. The predicted molar refractivity (Wildman–Crippen MR) is 93.3 cm³/mol. The molecule has 2 rings (SSSR count). The number of rotatable bonds is 5. The number of aryl methyl sites for hydroxylation is 2. The van der Waals surface area contributed by atoms with Gasteiger partial charge in [0, 0.05) is 11.7 Å². The summed E-state index contributed by atoms with van der Waals surface area (Å²) in [6, 6.07) is 6.78. The normalized spacial score (nSPS) is 16.5. The first kappa shape index (κ1) is 17.0. The van der Waals surface area contributed by atoms with Crippen molar-refractivity contribution < 1.29 is 4.79 Å². The summed E-state index contributed by atoms with van der Waals surface area (Å²) in [7, 11) is 2.09. The molecule has 0 aliphatic heterocycles. The Labute approximate surface area is 135 Å². The highest BCUT2D eigenvalue weighted by atomic mass is 16.2. The fourth-order valence-electron chi connectivity index (χ4n) is 3.44. The minimum Gasteiger partial charge on any atom is -0.324 e. The molecule has 1 N–H and O–H groups in total. The summed E-state index contributed by atoms with van der Waals surface area (Å²) >= 11 is 0. The second-order valence-corrected chi connectivity index (χ2v) is 6.57. The lowest BCUT2D eigenvalue weighted by molar-refractivity contribution is -0.117. The van der Waals surface area contributed by atoms with Crippen molar-refractivity contribution in [2.45, 2.75) is 64.8 Å². The van der Waals surface area contributed by atoms with Crippen LogP contribution in [0.15, 0.2) is 18.2 Å². The molecule has 122 valence electrons. The number of likely N-dealkylation sites (N-methyl/N-ethyl adjacent to an activating group) is 1. The number of carbonyl (C=O) groups excluding carboxylic acids is 1. The van der Waals surface area contributed by atoms with Gasteiger partial charge in [-0.05, 0) is 44.4 Å². The number of hydrogen-bond donors (Lipinski definition) is 1. The van der Waals surface area contributed by atoms with Gasteiger partial charge in [0.25, 0.3) is 0 Å². The smallest absolute Gasteiger partial charge is 0.238 e. The molecule has 0 bridgehead atoms. The van der Waals surface area contributed by atoms with E-state index in [2.05, 4.69) is 49.3 Å². The van der Waals surface area contributed by atoms with Crippen molar-refractivity contribution in [1.29, 1.82) is 0 Å². The van der Waals surface area contributed by atoms with E-state index < -0.39 is 0 Å². The molecule has 0 unspecified atom stereocenters. The van der Waals surface area contributed by atoms with Crippen LogP contribution in [0.1, 0.15) is 56.6 Å². The Morgan fingerprint density at radius 3 is 2.55 bits per heavy atom. The van der Waals surface area contributed by atoms with Gasteiger partial charge in [0.1, 0.15) is 0 Å². The first-order chi connectivity index (χ1) is 10.6. The average molecular weight is 302 g/mol. The molecule has 0 saturated heterocycles. The van der Waals surface area contributed by atoms with E-state index >= 15 is 0 Å². The average Bonchev–Trinajstić information content (AvgIpc) is 2.78. The Hall–Kier alpha value is -1.35. The van der Waals surface area contributed by atoms with Gasteiger partial charge < -0.3 is 5.32 Å². The zero-order chi connectivity index (χ0) is 15.9. The second-order valence-electron chi connectivity index (χ2n) is 6.57. The molecule has 0 aromatic heterocycles. The van der Waals surface area contributed by atoms with Crippen molar-refractivity contribution in [3.05, 3.63) is 29.3 Å². The number of para-hydroxylation sites is 1. The van der Waals surface area contributed by atoms with E-state index in [0.29, 0.717) is 12.6 Å². The quantitative estimate of drug-likeness (QED) is 0.829. The van der Waals surface area contributed by atoms with Crippen LogP contribution in [0.2, 0.25) is 0 Å². The van der Waals surface area contributed by atoms with Crippen LogP contribution in [-0.4, -0.2) is 30.4 Å². The van der Waals surface area contributed by atoms with Crippen LogP contribution < -0.4 is 5.32 Å². The van der Waals surface area contributed by atoms with Crippen molar-refractivity contribution in [2.24, 2.45) is 0 Å². The van der Waals surface area contributed by atoms with Crippen LogP contribution in [0.3, 0.4) is 0 Å². The summed E-state index contributed by atoms with van der Waals surface area (Å²) in [6.07, 6.45) is 8.69. The molecular weight excluding hydrogens is 272 g/mol. The summed E-state index contributed by atoms with van der Waals surface area (Å²) in [5, 5.41) is 3.13. The number of amides is 1. The summed E-state index contributed by atoms with van der Waals surface area (Å²) in [5.74, 6) is 0.107. The van der Waals surface area contributed by atoms with Gasteiger partial charge in [-0.15, -0.1) is 0 Å². The maximum Gasteiger partial charge on any atom is 0.238 e. The number of nitrogens with one attached hydrogen (secondary N) is 1. The van der Waals surface area contributed by atoms with Gasteiger partial charge in [-0.1, -0.05) is 50.8 Å². The van der Waals surface area contributed by atoms with Crippen molar-refractivity contribution in [3.8, 4) is 0 Å². The number of benzene rings is 1. The van der Waals surface area contributed by atoms with E-state index in [9.17, 15) is 4.79 Å². The molecule has 0 heterocycles. The van der Waals surface area contributed by atoms with E-state index in [-0.39, 0.29) is 5.91 Å². The summed E-state index contributed by atoms with van der Waals surface area (Å²) in [6.45, 7) is 4.67. The molecule has 1 aliphatic rings. The first-order valence-electron chi connectivity index (χ1n) is 8.70. The van der Waals surface area contributed by atoms with E-state index in [1.54, 1.807) is 0 Å². The standard InChI is InChI=1S/C19H30N2O/c1-4-16-11-9-10-15(2)19(16)20-18(22)14-21(3)17-12-7-5-6-8-13-17/h9-11,17H,4-8,12-14H2,1-3H3,(H,20,22). The van der Waals surface area contributed by atoms with Crippen molar-refractivity contribution in [2.75, 3.05) is 18.9 Å². The first-order valence-corrected chi connectivity index (χ1v) is 8.70. The Morgan fingerprint density at radius 1 is 1.23 bits per heavy atom. The molecule has 22 heavy (non-hydrogen) atoms. The third-order valence-electron chi connectivity index (χ3n) is 4.85. The van der Waals surface area contributed by atoms with Crippen LogP contribution in [0.4, 0.5) is 5.69 Å². The van der Waals surface area contributed by atoms with E-state index in [0.717, 1.165) is 17.7 Å². The number of anilines is 1. The maximum atomic E-state index is 12.4. The molecule has 1 saturated carbocycles. The fourth-order valence-corrected chi connectivity index (χ4v) is 3.44. The zero-order valence-corrected chi connectivity index (χ0v) is 14.3. The largest absolute Gasteiger partial charge is 0.324 e. The van der Waals surface area contributed by atoms with Crippen LogP contribution in [0.25, 0.3) is 0 Å². The number of nitrogens with zero attached hydrogens (tertiary/aromatic N) is 1. The highest BCUT2D eigenvalue weighted by molar-refractivity contribution is 5.93. The molecule has 3 nitrogen and oxygen atoms in total. The Kier molecular flexibility index (Phi) is 6.44. The van der Waals surface area contributed by atoms with Gasteiger partial charge >= 0.3 is 0 Å². The van der Waals surface area contributed by atoms with Crippen LogP contribution in [0.5, 0.6) is 0 Å². The van der Waals surface area contributed by atoms with Gasteiger partial charge in [-0.25, -0.2) is 0 Å². The fraction of sp³-hybridized carbons (Fsp3) is 0.632. The molecule has 1 fully saturated rings. The van der Waals surface area contributed by atoms with Crippen LogP contribution in [0, 0.1) is 6.92 Å². The Bertz CT molecular complexity index is 490. The third-order valence-corrected chi connectivity index (χ3v) is 4.85.